The van der Waals surface area contributed by atoms with Gasteiger partial charge in [-0.25, -0.2) is 9.78 Å². The number of hydrogen-bond donors (Lipinski definition) is 0. The molecule has 8 heteroatoms. The van der Waals surface area contributed by atoms with Crippen molar-refractivity contribution in [1.29, 1.82) is 0 Å². The lowest BCUT2D eigenvalue weighted by molar-refractivity contribution is -0.150. The lowest BCUT2D eigenvalue weighted by Crippen LogP contribution is -2.16. The zero-order valence-corrected chi connectivity index (χ0v) is 15.8. The van der Waals surface area contributed by atoms with Crippen molar-refractivity contribution in [3.8, 4) is 5.75 Å². The summed E-state index contributed by atoms with van der Waals surface area (Å²) in [5.41, 5.74) is 2.48. The van der Waals surface area contributed by atoms with Gasteiger partial charge in [0.2, 0.25) is 0 Å². The minimum absolute atomic E-state index is 0.0617. The number of esters is 1. The van der Waals surface area contributed by atoms with Gasteiger partial charge >= 0.3 is 5.97 Å². The summed E-state index contributed by atoms with van der Waals surface area (Å²) in [6.45, 7) is 0.763. The molecule has 4 rings (SSSR count). The smallest absolute Gasteiger partial charge is 0.332 e. The van der Waals surface area contributed by atoms with Crippen molar-refractivity contribution in [1.82, 2.24) is 4.98 Å². The molecular formula is C19H16ClNO5S. The van der Waals surface area contributed by atoms with E-state index in [1.54, 1.807) is 23.5 Å². The van der Waals surface area contributed by atoms with Crippen LogP contribution in [0.15, 0.2) is 36.4 Å². The number of aromatic nitrogens is 1. The van der Waals surface area contributed by atoms with Gasteiger partial charge in [0.1, 0.15) is 24.0 Å². The van der Waals surface area contributed by atoms with Gasteiger partial charge in [-0.3, -0.25) is 0 Å². The Kier molecular flexibility index (Phi) is 5.54. The van der Waals surface area contributed by atoms with Crippen molar-refractivity contribution >= 4 is 39.1 Å². The Morgan fingerprint density at radius 2 is 2.15 bits per heavy atom. The molecule has 6 nitrogen and oxygen atoms in total. The summed E-state index contributed by atoms with van der Waals surface area (Å²) in [5, 5.41) is 1.36. The fourth-order valence-corrected chi connectivity index (χ4v) is 3.94. The Morgan fingerprint density at radius 1 is 1.26 bits per heavy atom. The van der Waals surface area contributed by atoms with Crippen molar-refractivity contribution < 1.29 is 23.7 Å². The first kappa shape index (κ1) is 18.2. The second-order valence-corrected chi connectivity index (χ2v) is 7.44. The maximum atomic E-state index is 12.0. The summed E-state index contributed by atoms with van der Waals surface area (Å²) in [7, 11) is 0. The predicted octanol–water partition coefficient (Wildman–Crippen LogP) is 4.08. The molecule has 0 saturated carbocycles. The van der Waals surface area contributed by atoms with Gasteiger partial charge in [-0.05, 0) is 24.3 Å². The summed E-state index contributed by atoms with van der Waals surface area (Å²) in [6, 6.07) is 11.4. The first-order chi connectivity index (χ1) is 13.2. The number of para-hydroxylation sites is 1. The highest BCUT2D eigenvalue weighted by molar-refractivity contribution is 7.18. The molecule has 0 N–H and O–H groups in total. The molecule has 2 aromatic carbocycles. The molecule has 140 valence electrons. The van der Waals surface area contributed by atoms with Crippen molar-refractivity contribution in [3.63, 3.8) is 0 Å². The van der Waals surface area contributed by atoms with E-state index in [-0.39, 0.29) is 26.6 Å². The highest BCUT2D eigenvalue weighted by atomic mass is 35.5. The fraction of sp³-hybridized carbons (Fsp3) is 0.263. The van der Waals surface area contributed by atoms with E-state index in [0.717, 1.165) is 20.8 Å². The lowest BCUT2D eigenvalue weighted by atomic mass is 10.1. The fourth-order valence-electron chi connectivity index (χ4n) is 2.77. The van der Waals surface area contributed by atoms with Crippen LogP contribution in [0.4, 0.5) is 0 Å². The van der Waals surface area contributed by atoms with Gasteiger partial charge in [0, 0.05) is 16.1 Å². The number of carbonyl (C=O) groups is 1. The Balaban J connectivity index is 1.29. The molecule has 1 aliphatic heterocycles. The van der Waals surface area contributed by atoms with Crippen LogP contribution in [0.1, 0.15) is 16.1 Å². The van der Waals surface area contributed by atoms with Crippen LogP contribution in [0.5, 0.6) is 5.75 Å². The number of benzene rings is 2. The van der Waals surface area contributed by atoms with Crippen LogP contribution in [0.25, 0.3) is 10.2 Å². The van der Waals surface area contributed by atoms with Crippen molar-refractivity contribution in [2.24, 2.45) is 0 Å². The van der Waals surface area contributed by atoms with Gasteiger partial charge in [0.05, 0.1) is 23.4 Å². The number of ether oxygens (including phenoxy) is 4. The normalized spacial score (nSPS) is 13.2. The second kappa shape index (κ2) is 8.22. The highest BCUT2D eigenvalue weighted by Gasteiger charge is 2.17. The zero-order chi connectivity index (χ0) is 18.6. The van der Waals surface area contributed by atoms with Crippen LogP contribution in [0.2, 0.25) is 5.02 Å². The van der Waals surface area contributed by atoms with E-state index in [9.17, 15) is 4.79 Å². The molecule has 0 atom stereocenters. The molecule has 2 heterocycles. The molecule has 0 bridgehead atoms. The van der Waals surface area contributed by atoms with Gasteiger partial charge in [0.25, 0.3) is 0 Å². The molecule has 1 aliphatic rings. The lowest BCUT2D eigenvalue weighted by Gasteiger charge is -2.21. The number of nitrogens with zero attached hydrogens (tertiary/aromatic N) is 1. The number of carbonyl (C=O) groups excluding carboxylic acids is 1. The average molecular weight is 406 g/mol. The summed E-state index contributed by atoms with van der Waals surface area (Å²) in [4.78, 5) is 16.4. The molecular weight excluding hydrogens is 390 g/mol. The maximum absolute atomic E-state index is 12.0. The van der Waals surface area contributed by atoms with Crippen molar-refractivity contribution in [3.05, 3.63) is 57.6 Å². The monoisotopic (exact) mass is 405 g/mol. The number of hydrogen-bond acceptors (Lipinski definition) is 7. The predicted molar refractivity (Wildman–Crippen MR) is 101 cm³/mol. The van der Waals surface area contributed by atoms with E-state index in [1.165, 1.54) is 0 Å². The van der Waals surface area contributed by atoms with Crippen molar-refractivity contribution in [2.75, 3.05) is 13.4 Å². The Bertz CT molecular complexity index is 941. The number of fused-ring (bicyclic) bond motifs is 2. The van der Waals surface area contributed by atoms with E-state index in [0.29, 0.717) is 22.9 Å². The van der Waals surface area contributed by atoms with Gasteiger partial charge in [-0.1, -0.05) is 23.7 Å². The van der Waals surface area contributed by atoms with Crippen molar-refractivity contribution in [2.45, 2.75) is 19.8 Å². The second-order valence-electron chi connectivity index (χ2n) is 5.89. The topological polar surface area (TPSA) is 66.9 Å². The first-order valence-electron chi connectivity index (χ1n) is 8.29. The quantitative estimate of drug-likeness (QED) is 0.576. The molecule has 27 heavy (non-hydrogen) atoms. The van der Waals surface area contributed by atoms with Gasteiger partial charge < -0.3 is 18.9 Å². The minimum atomic E-state index is -0.461. The Morgan fingerprint density at radius 3 is 3.04 bits per heavy atom. The number of halogens is 1. The Labute approximate surface area is 164 Å². The van der Waals surface area contributed by atoms with Crippen LogP contribution < -0.4 is 4.74 Å². The van der Waals surface area contributed by atoms with Crippen LogP contribution in [-0.2, 0) is 38.8 Å². The first-order valence-corrected chi connectivity index (χ1v) is 9.48. The Hall–Kier alpha value is -2.19. The number of rotatable bonds is 6. The molecule has 0 radical (unpaired) electrons. The maximum Gasteiger partial charge on any atom is 0.332 e. The SMILES string of the molecule is O=C(COCc1nc2ccccc2s1)OCc1cc(Cl)cc2c1OCOC2. The molecule has 0 amide bonds. The molecule has 1 aromatic heterocycles. The molecule has 0 saturated heterocycles. The van der Waals surface area contributed by atoms with Gasteiger partial charge in [-0.15, -0.1) is 11.3 Å². The molecule has 0 spiro atoms. The largest absolute Gasteiger partial charge is 0.467 e. The van der Waals surface area contributed by atoms with Crippen LogP contribution >= 0.6 is 22.9 Å². The molecule has 3 aromatic rings. The van der Waals surface area contributed by atoms with E-state index >= 15 is 0 Å². The van der Waals surface area contributed by atoms with Crippen LogP contribution in [0.3, 0.4) is 0 Å². The summed E-state index contributed by atoms with van der Waals surface area (Å²) in [5.74, 6) is 0.200. The van der Waals surface area contributed by atoms with Crippen LogP contribution in [0, 0.1) is 0 Å². The minimum Gasteiger partial charge on any atom is -0.467 e. The standard InChI is InChI=1S/C19H16ClNO5S/c20-14-5-12-7-24-11-26-19(12)13(6-14)8-25-18(22)10-23-9-17-21-15-3-1-2-4-16(15)27-17/h1-6H,7-11H2. The summed E-state index contributed by atoms with van der Waals surface area (Å²) >= 11 is 7.64. The van der Waals surface area contributed by atoms with Gasteiger partial charge in [-0.2, -0.15) is 0 Å². The van der Waals surface area contributed by atoms with E-state index < -0.39 is 5.97 Å². The highest BCUT2D eigenvalue weighted by Crippen LogP contribution is 2.32. The summed E-state index contributed by atoms with van der Waals surface area (Å²) < 4.78 is 22.5. The van der Waals surface area contributed by atoms with E-state index in [2.05, 4.69) is 4.98 Å². The molecule has 0 aliphatic carbocycles. The van der Waals surface area contributed by atoms with E-state index in [1.807, 2.05) is 24.3 Å². The van der Waals surface area contributed by atoms with E-state index in [4.69, 9.17) is 30.5 Å². The summed E-state index contributed by atoms with van der Waals surface area (Å²) in [6.07, 6.45) is 0. The van der Waals surface area contributed by atoms with Gasteiger partial charge in [0.15, 0.2) is 6.79 Å². The number of thiazole rings is 1. The third kappa shape index (κ3) is 4.39. The zero-order valence-electron chi connectivity index (χ0n) is 14.3. The third-order valence-electron chi connectivity index (χ3n) is 3.92. The third-order valence-corrected chi connectivity index (χ3v) is 5.15. The molecule has 0 fully saturated rings. The average Bonchev–Trinajstić information content (AvgIpc) is 3.08. The van der Waals surface area contributed by atoms with Crippen LogP contribution in [-0.4, -0.2) is 24.4 Å². The molecule has 0 unspecified atom stereocenters.